The van der Waals surface area contributed by atoms with E-state index in [0.29, 0.717) is 25.4 Å². The molecule has 0 bridgehead atoms. The third-order valence-electron chi connectivity index (χ3n) is 5.23. The summed E-state index contributed by atoms with van der Waals surface area (Å²) in [6.07, 6.45) is 2.61. The summed E-state index contributed by atoms with van der Waals surface area (Å²) in [6, 6.07) is 5.98. The number of rotatable bonds is 7. The Morgan fingerprint density at radius 1 is 1.12 bits per heavy atom. The molecule has 0 saturated carbocycles. The first-order chi connectivity index (χ1) is 15.2. The van der Waals surface area contributed by atoms with E-state index in [1.54, 1.807) is 13.8 Å². The second kappa shape index (κ2) is 10.3. The van der Waals surface area contributed by atoms with Crippen molar-refractivity contribution in [3.05, 3.63) is 53.6 Å². The van der Waals surface area contributed by atoms with Gasteiger partial charge in [0.05, 0.1) is 23.2 Å². The second-order valence-corrected chi connectivity index (χ2v) is 9.48. The normalized spacial score (nSPS) is 15.8. The Labute approximate surface area is 186 Å². The number of halogens is 2. The average molecular weight is 468 g/mol. The fourth-order valence-electron chi connectivity index (χ4n) is 3.59. The van der Waals surface area contributed by atoms with Gasteiger partial charge in [-0.2, -0.15) is 4.31 Å². The molecule has 32 heavy (non-hydrogen) atoms. The summed E-state index contributed by atoms with van der Waals surface area (Å²) in [7, 11) is -3.71. The van der Waals surface area contributed by atoms with Crippen molar-refractivity contribution in [2.24, 2.45) is 0 Å². The van der Waals surface area contributed by atoms with Crippen LogP contribution in [0.3, 0.4) is 0 Å². The molecule has 1 heterocycles. The number of amides is 2. The third-order valence-corrected chi connectivity index (χ3v) is 7.12. The van der Waals surface area contributed by atoms with Crippen LogP contribution in [0.25, 0.3) is 0 Å². The predicted octanol–water partition coefficient (Wildman–Crippen LogP) is 4.42. The molecule has 0 aromatic heterocycles. The number of urea groups is 1. The minimum absolute atomic E-state index is 0.0516. The lowest BCUT2D eigenvalue weighted by atomic mass is 10.1. The number of carbonyl (C=O) groups excluding carboxylic acids is 1. The topological polar surface area (TPSA) is 87.7 Å². The molecule has 3 rings (SSSR count). The summed E-state index contributed by atoms with van der Waals surface area (Å²) < 4.78 is 60.1. The van der Waals surface area contributed by atoms with E-state index in [9.17, 15) is 22.0 Å². The molecule has 1 aliphatic heterocycles. The Hall–Kier alpha value is -2.72. The molecule has 0 aliphatic carbocycles. The van der Waals surface area contributed by atoms with E-state index in [0.717, 1.165) is 31.4 Å². The van der Waals surface area contributed by atoms with Crippen LogP contribution >= 0.6 is 0 Å². The first-order valence-corrected chi connectivity index (χ1v) is 12.0. The van der Waals surface area contributed by atoms with Crippen LogP contribution in [0.4, 0.5) is 19.3 Å². The number of anilines is 1. The number of benzene rings is 2. The Bertz CT molecular complexity index is 1070. The van der Waals surface area contributed by atoms with Crippen molar-refractivity contribution in [3.63, 3.8) is 0 Å². The molecule has 1 fully saturated rings. The standard InChI is InChI=1S/C22H27F2N3O4S/c1-3-31-21-10-8-17(32(29,30)27-11-5-4-6-12-27)14-20(21)26-22(28)25-15(2)18-9-7-16(23)13-19(18)24/h7-10,13-15H,3-6,11-12H2,1-2H3,(H2,25,26,28). The number of nitrogens with one attached hydrogen (secondary N) is 2. The van der Waals surface area contributed by atoms with Gasteiger partial charge in [-0.15, -0.1) is 0 Å². The number of hydrogen-bond acceptors (Lipinski definition) is 4. The summed E-state index contributed by atoms with van der Waals surface area (Å²) >= 11 is 0. The summed E-state index contributed by atoms with van der Waals surface area (Å²) in [5.41, 5.74) is 0.294. The highest BCUT2D eigenvalue weighted by Gasteiger charge is 2.27. The largest absolute Gasteiger partial charge is 0.492 e. The molecule has 0 radical (unpaired) electrons. The number of carbonyl (C=O) groups is 1. The van der Waals surface area contributed by atoms with Crippen molar-refractivity contribution in [3.8, 4) is 5.75 Å². The van der Waals surface area contributed by atoms with Gasteiger partial charge >= 0.3 is 6.03 Å². The zero-order chi connectivity index (χ0) is 23.3. The Kier molecular flexibility index (Phi) is 7.68. The molecule has 7 nitrogen and oxygen atoms in total. The van der Waals surface area contributed by atoms with E-state index < -0.39 is 33.7 Å². The summed E-state index contributed by atoms with van der Waals surface area (Å²) in [4.78, 5) is 12.6. The van der Waals surface area contributed by atoms with Gasteiger partial charge in [0, 0.05) is 24.7 Å². The van der Waals surface area contributed by atoms with Crippen LogP contribution in [0.5, 0.6) is 5.75 Å². The van der Waals surface area contributed by atoms with Crippen molar-refractivity contribution in [1.29, 1.82) is 0 Å². The smallest absolute Gasteiger partial charge is 0.319 e. The Morgan fingerprint density at radius 2 is 1.84 bits per heavy atom. The maximum absolute atomic E-state index is 14.0. The minimum atomic E-state index is -3.71. The average Bonchev–Trinajstić information content (AvgIpc) is 2.75. The van der Waals surface area contributed by atoms with Crippen LogP contribution in [0, 0.1) is 11.6 Å². The van der Waals surface area contributed by atoms with E-state index >= 15 is 0 Å². The van der Waals surface area contributed by atoms with Crippen LogP contribution < -0.4 is 15.4 Å². The number of hydrogen-bond donors (Lipinski definition) is 2. The summed E-state index contributed by atoms with van der Waals surface area (Å²) in [6.45, 7) is 4.54. The number of nitrogens with zero attached hydrogens (tertiary/aromatic N) is 1. The maximum Gasteiger partial charge on any atom is 0.319 e. The molecule has 0 spiro atoms. The minimum Gasteiger partial charge on any atom is -0.492 e. The van der Waals surface area contributed by atoms with Crippen molar-refractivity contribution in [1.82, 2.24) is 9.62 Å². The van der Waals surface area contributed by atoms with Crippen molar-refractivity contribution < 1.29 is 26.7 Å². The summed E-state index contributed by atoms with van der Waals surface area (Å²) in [5.74, 6) is -1.18. The van der Waals surface area contributed by atoms with Gasteiger partial charge in [-0.25, -0.2) is 22.0 Å². The molecule has 2 aromatic carbocycles. The van der Waals surface area contributed by atoms with Crippen molar-refractivity contribution >= 4 is 21.7 Å². The number of sulfonamides is 1. The molecule has 1 saturated heterocycles. The maximum atomic E-state index is 14.0. The van der Waals surface area contributed by atoms with Crippen LogP contribution in [0.1, 0.15) is 44.7 Å². The van der Waals surface area contributed by atoms with Gasteiger partial charge < -0.3 is 15.4 Å². The molecule has 2 aromatic rings. The highest BCUT2D eigenvalue weighted by atomic mass is 32.2. The van der Waals surface area contributed by atoms with Gasteiger partial charge in [0.2, 0.25) is 10.0 Å². The monoisotopic (exact) mass is 467 g/mol. The zero-order valence-electron chi connectivity index (χ0n) is 18.0. The van der Waals surface area contributed by atoms with E-state index in [4.69, 9.17) is 4.74 Å². The predicted molar refractivity (Wildman–Crippen MR) is 117 cm³/mol. The van der Waals surface area contributed by atoms with Crippen LogP contribution in [0.15, 0.2) is 41.3 Å². The first kappa shape index (κ1) is 23.9. The number of ether oxygens (including phenoxy) is 1. The van der Waals surface area contributed by atoms with Gasteiger partial charge in [-0.05, 0) is 51.0 Å². The second-order valence-electron chi connectivity index (χ2n) is 7.54. The lowest BCUT2D eigenvalue weighted by Gasteiger charge is -2.26. The van der Waals surface area contributed by atoms with Gasteiger partial charge in [-0.3, -0.25) is 0 Å². The van der Waals surface area contributed by atoms with Crippen LogP contribution in [0.2, 0.25) is 0 Å². The van der Waals surface area contributed by atoms with E-state index in [1.165, 1.54) is 28.6 Å². The van der Waals surface area contributed by atoms with Gasteiger partial charge in [0.15, 0.2) is 0 Å². The lowest BCUT2D eigenvalue weighted by Crippen LogP contribution is -2.35. The van der Waals surface area contributed by atoms with Gasteiger partial charge in [0.25, 0.3) is 0 Å². The zero-order valence-corrected chi connectivity index (χ0v) is 18.8. The molecule has 2 N–H and O–H groups in total. The van der Waals surface area contributed by atoms with Crippen molar-refractivity contribution in [2.45, 2.75) is 44.0 Å². The quantitative estimate of drug-likeness (QED) is 0.631. The highest BCUT2D eigenvalue weighted by molar-refractivity contribution is 7.89. The molecular weight excluding hydrogens is 440 g/mol. The molecule has 10 heteroatoms. The van der Waals surface area contributed by atoms with Gasteiger partial charge in [-0.1, -0.05) is 12.5 Å². The molecule has 2 amide bonds. The molecular formula is C22H27F2N3O4S. The third kappa shape index (κ3) is 5.55. The van der Waals surface area contributed by atoms with E-state index in [-0.39, 0.29) is 16.1 Å². The SMILES string of the molecule is CCOc1ccc(S(=O)(=O)N2CCCCC2)cc1NC(=O)NC(C)c1ccc(F)cc1F. The molecule has 1 atom stereocenters. The van der Waals surface area contributed by atoms with Gasteiger partial charge in [0.1, 0.15) is 17.4 Å². The van der Waals surface area contributed by atoms with Crippen molar-refractivity contribution in [2.75, 3.05) is 25.0 Å². The Morgan fingerprint density at radius 3 is 2.50 bits per heavy atom. The molecule has 1 aliphatic rings. The van der Waals surface area contributed by atoms with E-state index in [2.05, 4.69) is 10.6 Å². The first-order valence-electron chi connectivity index (χ1n) is 10.5. The van der Waals surface area contributed by atoms with Crippen LogP contribution in [-0.2, 0) is 10.0 Å². The fraction of sp³-hybridized carbons (Fsp3) is 0.409. The highest BCUT2D eigenvalue weighted by Crippen LogP contribution is 2.30. The Balaban J connectivity index is 1.80. The molecule has 1 unspecified atom stereocenters. The fourth-order valence-corrected chi connectivity index (χ4v) is 5.13. The lowest BCUT2D eigenvalue weighted by molar-refractivity contribution is 0.249. The summed E-state index contributed by atoms with van der Waals surface area (Å²) in [5, 5.41) is 5.16. The van der Waals surface area contributed by atoms with Crippen LogP contribution in [-0.4, -0.2) is 38.5 Å². The number of piperidine rings is 1. The molecule has 174 valence electrons. The van der Waals surface area contributed by atoms with E-state index in [1.807, 2.05) is 0 Å².